The summed E-state index contributed by atoms with van der Waals surface area (Å²) in [7, 11) is 1.87. The second kappa shape index (κ2) is 15.5. The van der Waals surface area contributed by atoms with Crippen LogP contribution in [0.4, 0.5) is 23.7 Å². The first kappa shape index (κ1) is 34.6. The average Bonchev–Trinajstić information content (AvgIpc) is 2.87. The van der Waals surface area contributed by atoms with Gasteiger partial charge in [-0.1, -0.05) is 37.1 Å². The fraction of sp³-hybridized carbons (Fsp3) is 0.500. The number of nitrogens with one attached hydrogen (secondary N) is 4. The van der Waals surface area contributed by atoms with Crippen molar-refractivity contribution in [2.45, 2.75) is 78.4 Å². The largest absolute Gasteiger partial charge is 0.416 e. The van der Waals surface area contributed by atoms with Crippen LogP contribution in [0.25, 0.3) is 0 Å². The Labute approximate surface area is 245 Å². The van der Waals surface area contributed by atoms with Gasteiger partial charge >= 0.3 is 12.2 Å². The first-order valence-electron chi connectivity index (χ1n) is 13.9. The molecule has 2 aromatic rings. The van der Waals surface area contributed by atoms with E-state index < -0.39 is 53.8 Å². The lowest BCUT2D eigenvalue weighted by atomic mass is 10.0. The van der Waals surface area contributed by atoms with E-state index in [4.69, 9.17) is 0 Å². The van der Waals surface area contributed by atoms with Crippen molar-refractivity contribution in [1.82, 2.24) is 20.9 Å². The quantitative estimate of drug-likeness (QED) is 0.236. The molecule has 0 aliphatic rings. The van der Waals surface area contributed by atoms with Crippen molar-refractivity contribution in [2.24, 2.45) is 0 Å². The summed E-state index contributed by atoms with van der Waals surface area (Å²) in [6.45, 7) is 9.69. The van der Waals surface area contributed by atoms with E-state index in [-0.39, 0.29) is 11.7 Å². The normalized spacial score (nSPS) is 13.0. The van der Waals surface area contributed by atoms with Crippen molar-refractivity contribution in [3.63, 3.8) is 0 Å². The van der Waals surface area contributed by atoms with Crippen LogP contribution in [0.2, 0.25) is 0 Å². The van der Waals surface area contributed by atoms with Crippen LogP contribution < -0.4 is 21.3 Å². The minimum Gasteiger partial charge on any atom is -0.391 e. The highest BCUT2D eigenvalue weighted by atomic mass is 19.4. The molecule has 2 aromatic carbocycles. The molecule has 2 atom stereocenters. The van der Waals surface area contributed by atoms with Crippen LogP contribution >= 0.6 is 0 Å². The summed E-state index contributed by atoms with van der Waals surface area (Å²) < 4.78 is 40.1. The number of amides is 4. The predicted octanol–water partition coefficient (Wildman–Crippen LogP) is 4.36. The van der Waals surface area contributed by atoms with Gasteiger partial charge in [0, 0.05) is 19.1 Å². The second-order valence-corrected chi connectivity index (χ2v) is 10.9. The van der Waals surface area contributed by atoms with Gasteiger partial charge in [-0.15, -0.1) is 0 Å². The van der Waals surface area contributed by atoms with E-state index in [2.05, 4.69) is 27.3 Å². The number of carbonyl (C=O) groups excluding carboxylic acids is 3. The van der Waals surface area contributed by atoms with Crippen molar-refractivity contribution >= 4 is 23.5 Å². The van der Waals surface area contributed by atoms with Gasteiger partial charge < -0.3 is 26.4 Å². The lowest BCUT2D eigenvalue weighted by Crippen LogP contribution is -2.52. The van der Waals surface area contributed by atoms with Crippen molar-refractivity contribution in [2.75, 3.05) is 25.5 Å². The van der Waals surface area contributed by atoms with Crippen LogP contribution in [-0.2, 0) is 17.5 Å². The Kier molecular flexibility index (Phi) is 12.8. The predicted molar refractivity (Wildman–Crippen MR) is 156 cm³/mol. The topological polar surface area (TPSA) is 123 Å². The molecule has 232 valence electrons. The summed E-state index contributed by atoms with van der Waals surface area (Å²) in [4.78, 5) is 39.9. The zero-order valence-electron chi connectivity index (χ0n) is 25.0. The second-order valence-electron chi connectivity index (χ2n) is 10.9. The van der Waals surface area contributed by atoms with Crippen LogP contribution in [0.1, 0.15) is 66.2 Å². The Morgan fingerprint density at radius 2 is 1.71 bits per heavy atom. The van der Waals surface area contributed by atoms with Crippen LogP contribution in [0.15, 0.2) is 36.4 Å². The van der Waals surface area contributed by atoms with Gasteiger partial charge in [-0.2, -0.15) is 13.2 Å². The number of carbonyl (C=O) groups is 3. The zero-order valence-corrected chi connectivity index (χ0v) is 25.0. The van der Waals surface area contributed by atoms with Crippen molar-refractivity contribution in [3.8, 4) is 0 Å². The number of alkyl halides is 3. The van der Waals surface area contributed by atoms with Crippen LogP contribution in [0.5, 0.6) is 0 Å². The number of hydrogen-bond donors (Lipinski definition) is 5. The minimum atomic E-state index is -4.73. The third-order valence-electron chi connectivity index (χ3n) is 6.51. The van der Waals surface area contributed by atoms with E-state index >= 15 is 0 Å². The molecule has 0 spiro atoms. The van der Waals surface area contributed by atoms with Crippen molar-refractivity contribution in [3.05, 3.63) is 64.2 Å². The summed E-state index contributed by atoms with van der Waals surface area (Å²) in [6.07, 6.45) is -4.46. The number of hydrogen-bond acceptors (Lipinski definition) is 5. The number of aliphatic hydroxyl groups excluding tert-OH is 1. The van der Waals surface area contributed by atoms with Gasteiger partial charge in [-0.05, 0) is 70.5 Å². The Balaban J connectivity index is 2.13. The van der Waals surface area contributed by atoms with Gasteiger partial charge in [-0.3, -0.25) is 14.5 Å². The number of rotatable bonds is 13. The SMILES string of the molecule is CCC[C@H](O)[C@H](CN(C)Cc1ccc(C)cc1C)NC(=O)CNC(=O)c1cc(C(F)(F)F)ccc1NC(=O)NC(C)C. The molecule has 9 nitrogen and oxygen atoms in total. The van der Waals surface area contributed by atoms with Crippen LogP contribution in [0, 0.1) is 13.8 Å². The number of anilines is 1. The van der Waals surface area contributed by atoms with Crippen molar-refractivity contribution < 1.29 is 32.7 Å². The van der Waals surface area contributed by atoms with E-state index in [1.807, 2.05) is 44.9 Å². The third-order valence-corrected chi connectivity index (χ3v) is 6.51. The molecular weight excluding hydrogens is 551 g/mol. The minimum absolute atomic E-state index is 0.150. The summed E-state index contributed by atoms with van der Waals surface area (Å²) in [5.41, 5.74) is 1.70. The van der Waals surface area contributed by atoms with E-state index in [1.54, 1.807) is 13.8 Å². The molecule has 5 N–H and O–H groups in total. The molecule has 0 saturated carbocycles. The van der Waals surface area contributed by atoms with Gasteiger partial charge in [0.25, 0.3) is 5.91 Å². The smallest absolute Gasteiger partial charge is 0.391 e. The van der Waals surface area contributed by atoms with E-state index in [0.29, 0.717) is 32.0 Å². The fourth-order valence-electron chi connectivity index (χ4n) is 4.43. The lowest BCUT2D eigenvalue weighted by molar-refractivity contribution is -0.137. The molecule has 0 fully saturated rings. The van der Waals surface area contributed by atoms with Gasteiger partial charge in [0.15, 0.2) is 0 Å². The molecule has 2 rings (SSSR count). The third kappa shape index (κ3) is 11.0. The Morgan fingerprint density at radius 1 is 1.02 bits per heavy atom. The molecule has 12 heteroatoms. The highest BCUT2D eigenvalue weighted by Crippen LogP contribution is 2.32. The summed E-state index contributed by atoms with van der Waals surface area (Å²) in [5, 5.41) is 20.7. The Hall–Kier alpha value is -3.64. The number of halogens is 3. The fourth-order valence-corrected chi connectivity index (χ4v) is 4.43. The molecule has 42 heavy (non-hydrogen) atoms. The number of aryl methyl sites for hydroxylation is 2. The average molecular weight is 594 g/mol. The van der Waals surface area contributed by atoms with E-state index in [9.17, 15) is 32.7 Å². The number of benzene rings is 2. The maximum Gasteiger partial charge on any atom is 0.416 e. The molecule has 0 aromatic heterocycles. The number of nitrogens with zero attached hydrogens (tertiary/aromatic N) is 1. The highest BCUT2D eigenvalue weighted by molar-refractivity contribution is 6.04. The molecule has 0 aliphatic heterocycles. The maximum atomic E-state index is 13.4. The molecule has 0 radical (unpaired) electrons. The number of likely N-dealkylation sites (N-methyl/N-ethyl adjacent to an activating group) is 1. The molecule has 4 amide bonds. The molecule has 0 saturated heterocycles. The zero-order chi connectivity index (χ0) is 31.6. The molecule has 0 heterocycles. The van der Waals surface area contributed by atoms with E-state index in [1.165, 1.54) is 0 Å². The van der Waals surface area contributed by atoms with Gasteiger partial charge in [0.2, 0.25) is 5.91 Å². The van der Waals surface area contributed by atoms with Gasteiger partial charge in [-0.25, -0.2) is 4.79 Å². The first-order valence-corrected chi connectivity index (χ1v) is 13.9. The molecule has 0 bridgehead atoms. The van der Waals surface area contributed by atoms with Crippen LogP contribution in [-0.4, -0.2) is 66.2 Å². The summed E-state index contributed by atoms with van der Waals surface area (Å²) in [5.74, 6) is -1.60. The monoisotopic (exact) mass is 593 g/mol. The Morgan fingerprint density at radius 3 is 2.31 bits per heavy atom. The van der Waals surface area contributed by atoms with Gasteiger partial charge in [0.1, 0.15) is 0 Å². The molecular formula is C30H42F3N5O4. The standard InChI is InChI=1S/C30H42F3N5O4/c1-7-8-26(39)25(17-38(6)16-21-10-9-19(4)13-20(21)5)36-27(40)15-34-28(41)23-14-22(30(31,32)33)11-12-24(23)37-29(42)35-18(2)3/h9-14,18,25-26,39H,7-8,15-17H2,1-6H3,(H,34,41)(H,36,40)(H2,35,37,42)/t25-,26-/m0/s1. The lowest BCUT2D eigenvalue weighted by Gasteiger charge is -2.29. The number of aliphatic hydroxyl groups is 1. The summed E-state index contributed by atoms with van der Waals surface area (Å²) >= 11 is 0. The van der Waals surface area contributed by atoms with Gasteiger partial charge in [0.05, 0.1) is 35.5 Å². The summed E-state index contributed by atoms with van der Waals surface area (Å²) in [6, 6.07) is 6.89. The Bertz CT molecular complexity index is 1240. The highest BCUT2D eigenvalue weighted by Gasteiger charge is 2.32. The molecule has 0 aliphatic carbocycles. The first-order chi connectivity index (χ1) is 19.6. The number of urea groups is 1. The van der Waals surface area contributed by atoms with Crippen molar-refractivity contribution in [1.29, 1.82) is 0 Å². The van der Waals surface area contributed by atoms with Crippen LogP contribution in [0.3, 0.4) is 0 Å². The molecule has 0 unspecified atom stereocenters. The maximum absolute atomic E-state index is 13.4. The van der Waals surface area contributed by atoms with E-state index in [0.717, 1.165) is 28.8 Å².